The van der Waals surface area contributed by atoms with Crippen molar-refractivity contribution in [1.82, 2.24) is 4.98 Å². The molecule has 0 aliphatic carbocycles. The van der Waals surface area contributed by atoms with E-state index < -0.39 is 0 Å². The summed E-state index contributed by atoms with van der Waals surface area (Å²) < 4.78 is 0. The molecule has 0 fully saturated rings. The van der Waals surface area contributed by atoms with Crippen LogP contribution in [0, 0.1) is 0 Å². The second-order valence-corrected chi connectivity index (χ2v) is 6.08. The Hall–Kier alpha value is -2.51. The Morgan fingerprint density at radius 1 is 1.09 bits per heavy atom. The van der Waals surface area contributed by atoms with Crippen molar-refractivity contribution in [2.45, 2.75) is 0 Å². The molecule has 0 spiro atoms. The lowest BCUT2D eigenvalue weighted by molar-refractivity contribution is -0.105. The maximum absolute atomic E-state index is 12.3. The minimum Gasteiger partial charge on any atom is -0.327 e. The number of thiophene rings is 1. The van der Waals surface area contributed by atoms with E-state index in [1.165, 1.54) is 11.3 Å². The topological polar surface area (TPSA) is 71.1 Å². The number of benzene rings is 1. The molecule has 110 valence electrons. The van der Waals surface area contributed by atoms with Crippen LogP contribution in [-0.2, 0) is 4.79 Å². The Balaban J connectivity index is 1.79. The van der Waals surface area contributed by atoms with Gasteiger partial charge in [0.2, 0.25) is 6.41 Å². The molecule has 2 N–H and O–H groups in total. The van der Waals surface area contributed by atoms with Crippen molar-refractivity contribution in [2.75, 3.05) is 10.6 Å². The van der Waals surface area contributed by atoms with Crippen molar-refractivity contribution in [3.63, 3.8) is 0 Å². The van der Waals surface area contributed by atoms with E-state index in [4.69, 9.17) is 0 Å². The number of hydrogen-bond acceptors (Lipinski definition) is 5. The zero-order chi connectivity index (χ0) is 15.4. The second-order valence-electron chi connectivity index (χ2n) is 4.28. The molecular weight excluding hydrogens is 318 g/mol. The fourth-order valence-corrected chi connectivity index (χ4v) is 3.47. The highest BCUT2D eigenvalue weighted by Gasteiger charge is 2.13. The Morgan fingerprint density at radius 2 is 1.91 bits per heavy atom. The van der Waals surface area contributed by atoms with E-state index in [2.05, 4.69) is 15.6 Å². The molecule has 3 aromatic rings. The molecular formula is C15H11N3O2S2. The summed E-state index contributed by atoms with van der Waals surface area (Å²) >= 11 is 3.01. The molecule has 0 bridgehead atoms. The number of nitrogens with zero attached hydrogens (tertiary/aromatic N) is 1. The van der Waals surface area contributed by atoms with Gasteiger partial charge in [0.05, 0.1) is 16.3 Å². The molecule has 2 heterocycles. The molecule has 2 amide bonds. The number of hydrogen-bond donors (Lipinski definition) is 2. The maximum Gasteiger partial charge on any atom is 0.275 e. The van der Waals surface area contributed by atoms with Gasteiger partial charge in [-0.25, -0.2) is 4.98 Å². The highest BCUT2D eigenvalue weighted by atomic mass is 32.1. The van der Waals surface area contributed by atoms with Crippen LogP contribution in [0.2, 0.25) is 0 Å². The van der Waals surface area contributed by atoms with Crippen LogP contribution >= 0.6 is 22.7 Å². The fraction of sp³-hybridized carbons (Fsp3) is 0. The summed E-state index contributed by atoms with van der Waals surface area (Å²) in [5.41, 5.74) is 1.43. The van der Waals surface area contributed by atoms with Crippen LogP contribution in [0.5, 0.6) is 0 Å². The monoisotopic (exact) mass is 329 g/mol. The van der Waals surface area contributed by atoms with Crippen LogP contribution in [0.3, 0.4) is 0 Å². The molecule has 7 heteroatoms. The number of aromatic nitrogens is 1. The average Bonchev–Trinajstić information content (AvgIpc) is 3.20. The van der Waals surface area contributed by atoms with Crippen molar-refractivity contribution in [1.29, 1.82) is 0 Å². The normalized spacial score (nSPS) is 10.2. The molecule has 0 saturated heterocycles. The molecule has 0 unspecified atom stereocenters. The van der Waals surface area contributed by atoms with E-state index in [0.717, 1.165) is 9.88 Å². The largest absolute Gasteiger partial charge is 0.327 e. The quantitative estimate of drug-likeness (QED) is 0.701. The third-order valence-electron chi connectivity index (χ3n) is 2.86. The fourth-order valence-electron chi connectivity index (χ4n) is 1.86. The number of amides is 2. The number of anilines is 2. The lowest BCUT2D eigenvalue weighted by Gasteiger charge is -2.08. The highest BCUT2D eigenvalue weighted by molar-refractivity contribution is 7.20. The van der Waals surface area contributed by atoms with Gasteiger partial charge >= 0.3 is 0 Å². The molecule has 1 aromatic carbocycles. The first-order chi connectivity index (χ1) is 10.8. The van der Waals surface area contributed by atoms with Crippen LogP contribution in [-0.4, -0.2) is 17.3 Å². The minimum absolute atomic E-state index is 0.306. The summed E-state index contributed by atoms with van der Waals surface area (Å²) in [5.74, 6) is -0.306. The lowest BCUT2D eigenvalue weighted by Crippen LogP contribution is -2.13. The Kier molecular flexibility index (Phi) is 4.27. The second kappa shape index (κ2) is 6.50. The zero-order valence-electron chi connectivity index (χ0n) is 11.3. The predicted octanol–water partition coefficient (Wildman–Crippen LogP) is 3.69. The standard InChI is InChI=1S/C15H11N3O2S2/c19-9-16-10-4-1-2-5-11(10)17-14(20)12-8-22-15(18-12)13-6-3-7-21-13/h1-9H,(H,16,19)(H,17,20). The van der Waals surface area contributed by atoms with Gasteiger partial charge in [-0.1, -0.05) is 18.2 Å². The van der Waals surface area contributed by atoms with Crippen molar-refractivity contribution < 1.29 is 9.59 Å². The Labute approximate surface area is 134 Å². The molecule has 0 aliphatic rings. The van der Waals surface area contributed by atoms with Gasteiger partial charge < -0.3 is 10.6 Å². The van der Waals surface area contributed by atoms with Gasteiger partial charge in [-0.05, 0) is 23.6 Å². The molecule has 0 atom stereocenters. The molecule has 3 rings (SSSR count). The van der Waals surface area contributed by atoms with Crippen molar-refractivity contribution >= 4 is 46.4 Å². The van der Waals surface area contributed by atoms with Gasteiger partial charge in [0.1, 0.15) is 10.7 Å². The number of nitrogens with one attached hydrogen (secondary N) is 2. The summed E-state index contributed by atoms with van der Waals surface area (Å²) in [4.78, 5) is 28.2. The van der Waals surface area contributed by atoms with Crippen molar-refractivity contribution in [3.05, 3.63) is 52.9 Å². The van der Waals surface area contributed by atoms with Gasteiger partial charge in [-0.15, -0.1) is 22.7 Å². The molecule has 0 radical (unpaired) electrons. The van der Waals surface area contributed by atoms with E-state index in [1.807, 2.05) is 17.5 Å². The maximum atomic E-state index is 12.3. The van der Waals surface area contributed by atoms with Gasteiger partial charge in [0.15, 0.2) is 0 Å². The molecule has 2 aromatic heterocycles. The smallest absolute Gasteiger partial charge is 0.275 e. The number of rotatable bonds is 5. The Bertz CT molecular complexity index is 797. The molecule has 0 aliphatic heterocycles. The summed E-state index contributed by atoms with van der Waals surface area (Å²) in [6.07, 6.45) is 0.572. The zero-order valence-corrected chi connectivity index (χ0v) is 12.9. The van der Waals surface area contributed by atoms with Gasteiger partial charge in [0.25, 0.3) is 5.91 Å². The van der Waals surface area contributed by atoms with Crippen molar-refractivity contribution in [2.24, 2.45) is 0 Å². The van der Waals surface area contributed by atoms with Crippen LogP contribution in [0.4, 0.5) is 11.4 Å². The predicted molar refractivity (Wildman–Crippen MR) is 89.5 cm³/mol. The third-order valence-corrected chi connectivity index (χ3v) is 4.74. The first-order valence-electron chi connectivity index (χ1n) is 6.38. The molecule has 5 nitrogen and oxygen atoms in total. The first kappa shape index (κ1) is 14.4. The first-order valence-corrected chi connectivity index (χ1v) is 8.14. The summed E-state index contributed by atoms with van der Waals surface area (Å²) in [7, 11) is 0. The van der Waals surface area contributed by atoms with E-state index in [9.17, 15) is 9.59 Å². The van der Waals surface area contributed by atoms with Crippen LogP contribution in [0.25, 0.3) is 9.88 Å². The number of para-hydroxylation sites is 2. The summed E-state index contributed by atoms with van der Waals surface area (Å²) in [6.45, 7) is 0. The Morgan fingerprint density at radius 3 is 2.64 bits per heavy atom. The van der Waals surface area contributed by atoms with Crippen molar-refractivity contribution in [3.8, 4) is 9.88 Å². The summed E-state index contributed by atoms with van der Waals surface area (Å²) in [5, 5.41) is 9.82. The minimum atomic E-state index is -0.306. The van der Waals surface area contributed by atoms with E-state index in [1.54, 1.807) is 41.0 Å². The van der Waals surface area contributed by atoms with E-state index >= 15 is 0 Å². The average molecular weight is 329 g/mol. The van der Waals surface area contributed by atoms with Gasteiger partial charge in [-0.2, -0.15) is 0 Å². The number of carbonyl (C=O) groups is 2. The lowest BCUT2D eigenvalue weighted by atomic mass is 10.2. The third kappa shape index (κ3) is 3.05. The van der Waals surface area contributed by atoms with Gasteiger partial charge in [-0.3, -0.25) is 9.59 Å². The van der Waals surface area contributed by atoms with Gasteiger partial charge in [0, 0.05) is 5.38 Å². The number of carbonyl (C=O) groups excluding carboxylic acids is 2. The SMILES string of the molecule is O=CNc1ccccc1NC(=O)c1csc(-c2cccs2)n1. The van der Waals surface area contributed by atoms with Crippen LogP contribution < -0.4 is 10.6 Å². The van der Waals surface area contributed by atoms with E-state index in [-0.39, 0.29) is 5.91 Å². The van der Waals surface area contributed by atoms with E-state index in [0.29, 0.717) is 23.5 Å². The van der Waals surface area contributed by atoms with Crippen LogP contribution in [0.1, 0.15) is 10.5 Å². The molecule has 22 heavy (non-hydrogen) atoms. The molecule has 0 saturated carbocycles. The number of thiazole rings is 1. The van der Waals surface area contributed by atoms with Crippen LogP contribution in [0.15, 0.2) is 47.2 Å². The highest BCUT2D eigenvalue weighted by Crippen LogP contribution is 2.28. The summed E-state index contributed by atoms with van der Waals surface area (Å²) in [6, 6.07) is 10.9.